The summed E-state index contributed by atoms with van der Waals surface area (Å²) in [6.45, 7) is 0. The zero-order chi connectivity index (χ0) is 9.30. The Kier molecular flexibility index (Phi) is 2.25. The van der Waals surface area contributed by atoms with Gasteiger partial charge in [-0.1, -0.05) is 11.6 Å². The predicted molar refractivity (Wildman–Crippen MR) is 48.7 cm³/mol. The second kappa shape index (κ2) is 3.04. The molecule has 0 aliphatic carbocycles. The van der Waals surface area contributed by atoms with Crippen LogP contribution in [-0.2, 0) is 0 Å². The van der Waals surface area contributed by atoms with Crippen molar-refractivity contribution in [1.82, 2.24) is 0 Å². The molecule has 0 aliphatic rings. The van der Waals surface area contributed by atoms with Crippen LogP contribution in [0, 0.1) is 17.1 Å². The van der Waals surface area contributed by atoms with Crippen molar-refractivity contribution in [3.63, 3.8) is 0 Å². The highest BCUT2D eigenvalue weighted by Crippen LogP contribution is 2.18. The molecule has 60 valence electrons. The second-order valence-electron chi connectivity index (χ2n) is 2.37. The van der Waals surface area contributed by atoms with E-state index < -0.39 is 5.82 Å². The van der Waals surface area contributed by atoms with Crippen LogP contribution in [0.15, 0.2) is 6.07 Å². The quantitative estimate of drug-likeness (QED) is 0.460. The smallest absolute Gasteiger partial charge is 0.145 e. The standard InChI is InChI=1S/C7H5BClFN2/c8-5-4(9)1-3(2-11)7(12)6(5)10/h1H,8,12H2. The molecule has 2 N–H and O–H groups in total. The Morgan fingerprint density at radius 3 is 2.75 bits per heavy atom. The maximum atomic E-state index is 13.1. The zero-order valence-electron chi connectivity index (χ0n) is 6.36. The summed E-state index contributed by atoms with van der Waals surface area (Å²) in [6.07, 6.45) is 0. The normalized spacial score (nSPS) is 9.42. The lowest BCUT2D eigenvalue weighted by Crippen LogP contribution is -2.14. The Morgan fingerprint density at radius 1 is 1.67 bits per heavy atom. The zero-order valence-corrected chi connectivity index (χ0v) is 7.11. The summed E-state index contributed by atoms with van der Waals surface area (Å²) in [4.78, 5) is 0. The van der Waals surface area contributed by atoms with Gasteiger partial charge in [-0.3, -0.25) is 0 Å². The molecule has 2 nitrogen and oxygen atoms in total. The van der Waals surface area contributed by atoms with Gasteiger partial charge in [-0.2, -0.15) is 5.26 Å². The number of nitrogen functional groups attached to an aromatic ring is 1. The minimum atomic E-state index is -0.612. The molecule has 0 unspecified atom stereocenters. The number of nitriles is 1. The summed E-state index contributed by atoms with van der Waals surface area (Å²) < 4.78 is 13.1. The van der Waals surface area contributed by atoms with Gasteiger partial charge in [-0.05, 0) is 11.5 Å². The maximum Gasteiger partial charge on any atom is 0.145 e. The van der Waals surface area contributed by atoms with Crippen molar-refractivity contribution < 1.29 is 4.39 Å². The number of nitrogens with two attached hydrogens (primary N) is 1. The molecule has 1 aromatic rings. The molecule has 0 bridgehead atoms. The molecule has 0 atom stereocenters. The Balaban J connectivity index is 3.52. The molecule has 0 aliphatic heterocycles. The Labute approximate surface area is 75.1 Å². The van der Waals surface area contributed by atoms with Crippen LogP contribution in [-0.4, -0.2) is 7.85 Å². The van der Waals surface area contributed by atoms with Crippen molar-refractivity contribution in [3.8, 4) is 6.07 Å². The van der Waals surface area contributed by atoms with Crippen LogP contribution in [0.25, 0.3) is 0 Å². The third kappa shape index (κ3) is 1.24. The molecule has 0 spiro atoms. The summed E-state index contributed by atoms with van der Waals surface area (Å²) in [5.74, 6) is -0.612. The van der Waals surface area contributed by atoms with Crippen LogP contribution in [0.3, 0.4) is 0 Å². The minimum Gasteiger partial charge on any atom is -0.395 e. The van der Waals surface area contributed by atoms with E-state index in [1.165, 1.54) is 13.9 Å². The van der Waals surface area contributed by atoms with E-state index in [1.54, 1.807) is 6.07 Å². The van der Waals surface area contributed by atoms with Crippen LogP contribution in [0.2, 0.25) is 5.02 Å². The summed E-state index contributed by atoms with van der Waals surface area (Å²) in [5.41, 5.74) is 5.51. The molecular formula is C7H5BClFN2. The van der Waals surface area contributed by atoms with Crippen LogP contribution in [0.5, 0.6) is 0 Å². The van der Waals surface area contributed by atoms with Crippen molar-refractivity contribution in [3.05, 3.63) is 22.5 Å². The molecule has 0 amide bonds. The van der Waals surface area contributed by atoms with E-state index in [1.807, 2.05) is 0 Å². The van der Waals surface area contributed by atoms with Gasteiger partial charge >= 0.3 is 0 Å². The number of benzene rings is 1. The summed E-state index contributed by atoms with van der Waals surface area (Å²) in [6, 6.07) is 3.11. The average Bonchev–Trinajstić information content (AvgIpc) is 2.08. The largest absolute Gasteiger partial charge is 0.395 e. The number of anilines is 1. The van der Waals surface area contributed by atoms with E-state index >= 15 is 0 Å². The molecule has 0 fully saturated rings. The van der Waals surface area contributed by atoms with Gasteiger partial charge in [0.25, 0.3) is 0 Å². The SMILES string of the molecule is Bc1c(Cl)cc(C#N)c(N)c1F. The molecule has 0 saturated heterocycles. The first-order valence-corrected chi connectivity index (χ1v) is 3.60. The maximum absolute atomic E-state index is 13.1. The first-order valence-electron chi connectivity index (χ1n) is 3.22. The first kappa shape index (κ1) is 8.89. The second-order valence-corrected chi connectivity index (χ2v) is 2.78. The molecular weight excluding hydrogens is 177 g/mol. The Hall–Kier alpha value is -1.21. The van der Waals surface area contributed by atoms with E-state index in [4.69, 9.17) is 22.6 Å². The van der Waals surface area contributed by atoms with E-state index in [-0.39, 0.29) is 21.7 Å². The van der Waals surface area contributed by atoms with Crippen molar-refractivity contribution in [2.45, 2.75) is 0 Å². The van der Waals surface area contributed by atoms with Gasteiger partial charge in [0.05, 0.1) is 11.3 Å². The van der Waals surface area contributed by atoms with Crippen LogP contribution in [0.1, 0.15) is 5.56 Å². The predicted octanol–water partition coefficient (Wildman–Crippen LogP) is 0.191. The van der Waals surface area contributed by atoms with Gasteiger partial charge in [0.2, 0.25) is 0 Å². The van der Waals surface area contributed by atoms with E-state index in [9.17, 15) is 4.39 Å². The molecule has 0 aromatic heterocycles. The molecule has 0 radical (unpaired) electrons. The Morgan fingerprint density at radius 2 is 2.25 bits per heavy atom. The van der Waals surface area contributed by atoms with Gasteiger partial charge < -0.3 is 5.73 Å². The lowest BCUT2D eigenvalue weighted by Gasteiger charge is -2.04. The van der Waals surface area contributed by atoms with Crippen molar-refractivity contribution in [1.29, 1.82) is 5.26 Å². The summed E-state index contributed by atoms with van der Waals surface area (Å²) >= 11 is 5.62. The van der Waals surface area contributed by atoms with Gasteiger partial charge in [0, 0.05) is 5.02 Å². The van der Waals surface area contributed by atoms with Crippen molar-refractivity contribution in [2.24, 2.45) is 0 Å². The molecule has 1 rings (SSSR count). The number of hydrogen-bond acceptors (Lipinski definition) is 2. The van der Waals surface area contributed by atoms with Crippen LogP contribution in [0.4, 0.5) is 10.1 Å². The monoisotopic (exact) mass is 182 g/mol. The fraction of sp³-hybridized carbons (Fsp3) is 0. The summed E-state index contributed by atoms with van der Waals surface area (Å²) in [5, 5.41) is 8.72. The summed E-state index contributed by atoms with van der Waals surface area (Å²) in [7, 11) is 1.51. The first-order chi connectivity index (χ1) is 5.57. The number of nitrogens with zero attached hydrogens (tertiary/aromatic N) is 1. The minimum absolute atomic E-state index is 0.0723. The lowest BCUT2D eigenvalue weighted by atomic mass is 9.93. The molecule has 0 saturated carbocycles. The topological polar surface area (TPSA) is 49.8 Å². The van der Waals surface area contributed by atoms with E-state index in [2.05, 4.69) is 0 Å². The Bertz CT molecular complexity index is 373. The van der Waals surface area contributed by atoms with E-state index in [0.29, 0.717) is 0 Å². The average molecular weight is 182 g/mol. The highest BCUT2D eigenvalue weighted by atomic mass is 35.5. The highest BCUT2D eigenvalue weighted by Gasteiger charge is 2.10. The fourth-order valence-electron chi connectivity index (χ4n) is 0.830. The van der Waals surface area contributed by atoms with Crippen molar-refractivity contribution in [2.75, 3.05) is 5.73 Å². The highest BCUT2D eigenvalue weighted by molar-refractivity contribution is 6.45. The number of rotatable bonds is 0. The number of hydrogen-bond donors (Lipinski definition) is 1. The molecule has 5 heteroatoms. The fourth-order valence-corrected chi connectivity index (χ4v) is 1.02. The van der Waals surface area contributed by atoms with Crippen molar-refractivity contribution >= 4 is 30.6 Å². The van der Waals surface area contributed by atoms with Gasteiger partial charge in [-0.15, -0.1) is 0 Å². The van der Waals surface area contributed by atoms with Gasteiger partial charge in [0.15, 0.2) is 0 Å². The van der Waals surface area contributed by atoms with Crippen LogP contribution >= 0.6 is 11.6 Å². The van der Waals surface area contributed by atoms with E-state index in [0.717, 1.165) is 0 Å². The molecule has 12 heavy (non-hydrogen) atoms. The molecule has 1 aromatic carbocycles. The van der Waals surface area contributed by atoms with Crippen LogP contribution < -0.4 is 11.2 Å². The number of halogens is 2. The molecule has 0 heterocycles. The van der Waals surface area contributed by atoms with Gasteiger partial charge in [-0.25, -0.2) is 4.39 Å². The van der Waals surface area contributed by atoms with Gasteiger partial charge in [0.1, 0.15) is 19.7 Å². The lowest BCUT2D eigenvalue weighted by molar-refractivity contribution is 0.640. The third-order valence-corrected chi connectivity index (χ3v) is 2.00. The third-order valence-electron chi connectivity index (χ3n) is 1.61.